The molecule has 6 rings (SSSR count). The summed E-state index contributed by atoms with van der Waals surface area (Å²) in [5.41, 5.74) is 3.08. The second kappa shape index (κ2) is 16.0. The molecule has 0 unspecified atom stereocenters. The van der Waals surface area contributed by atoms with E-state index in [2.05, 4.69) is 75.4 Å². The van der Waals surface area contributed by atoms with Gasteiger partial charge in [-0.05, 0) is 72.7 Å². The minimum Gasteiger partial charge on any atom is -0.350 e. The molecule has 2 amide bonds. The van der Waals surface area contributed by atoms with Crippen molar-refractivity contribution in [2.24, 2.45) is 0 Å². The van der Waals surface area contributed by atoms with Gasteiger partial charge in [0.15, 0.2) is 0 Å². The molecule has 0 bridgehead atoms. The van der Waals surface area contributed by atoms with Gasteiger partial charge in [0.1, 0.15) is 0 Å². The van der Waals surface area contributed by atoms with Crippen molar-refractivity contribution in [3.63, 3.8) is 0 Å². The highest BCUT2D eigenvalue weighted by Crippen LogP contribution is 2.27. The zero-order valence-corrected chi connectivity index (χ0v) is 26.9. The second-order valence-corrected chi connectivity index (χ2v) is 13.1. The lowest BCUT2D eigenvalue weighted by Crippen LogP contribution is -2.49. The van der Waals surface area contributed by atoms with Gasteiger partial charge in [-0.25, -0.2) is 0 Å². The van der Waals surface area contributed by atoms with E-state index in [9.17, 15) is 9.59 Å². The Morgan fingerprint density at radius 1 is 0.804 bits per heavy atom. The molecule has 6 nitrogen and oxygen atoms in total. The Hall–Kier alpha value is -4.00. The largest absolute Gasteiger partial charge is 0.350 e. The van der Waals surface area contributed by atoms with Crippen LogP contribution >= 0.6 is 0 Å². The van der Waals surface area contributed by atoms with Crippen LogP contribution < -0.4 is 16.0 Å². The predicted octanol–water partition coefficient (Wildman–Crippen LogP) is 6.66. The Bertz CT molecular complexity index is 1510. The molecule has 1 saturated heterocycles. The smallest absolute Gasteiger partial charge is 0.251 e. The van der Waals surface area contributed by atoms with Crippen LogP contribution in [-0.2, 0) is 4.79 Å². The summed E-state index contributed by atoms with van der Waals surface area (Å²) in [5, 5.41) is 12.8. The average molecular weight is 617 g/mol. The fraction of sp³-hybridized carbons (Fsp3) is 0.400. The number of carbonyl (C=O) groups excluding carboxylic acids is 2. The Morgan fingerprint density at radius 2 is 1.48 bits per heavy atom. The molecule has 0 aromatic heterocycles. The SMILES string of the molecule is O=C(NC[C@@H]1CCN(CC(c2ccccc2)c2ccccc2)C(=O)[C@H](CCCNC2CCCCC2)N1)c1ccc2ccccc2c1. The highest BCUT2D eigenvalue weighted by molar-refractivity contribution is 5.98. The van der Waals surface area contributed by atoms with Gasteiger partial charge in [-0.15, -0.1) is 0 Å². The summed E-state index contributed by atoms with van der Waals surface area (Å²) in [6, 6.07) is 35.3. The van der Waals surface area contributed by atoms with Crippen LogP contribution in [0, 0.1) is 0 Å². The standard InChI is InChI=1S/C40H48N4O2/c45-39(34-23-22-30-13-10-11-18-33(30)27-34)42-28-36-24-26-44(29-37(31-14-4-1-5-15-31)32-16-6-2-7-17-32)40(46)38(43-36)21-12-25-41-35-19-8-3-9-20-35/h1-2,4-7,10-11,13-18,22-23,27,35-38,41,43H,3,8-9,12,19-21,24-26,28-29H2,(H,42,45)/t36-,38-/m0/s1. The first kappa shape index (κ1) is 32.0. The number of nitrogens with one attached hydrogen (secondary N) is 3. The number of carbonyl (C=O) groups is 2. The van der Waals surface area contributed by atoms with Crippen molar-refractivity contribution >= 4 is 22.6 Å². The molecule has 1 heterocycles. The summed E-state index contributed by atoms with van der Waals surface area (Å²) >= 11 is 0. The second-order valence-electron chi connectivity index (χ2n) is 13.1. The normalized spacial score (nSPS) is 19.3. The zero-order valence-electron chi connectivity index (χ0n) is 26.9. The predicted molar refractivity (Wildman–Crippen MR) is 187 cm³/mol. The number of hydrogen-bond acceptors (Lipinski definition) is 4. The van der Waals surface area contributed by atoms with E-state index in [0.29, 0.717) is 31.2 Å². The Labute approximate surface area is 274 Å². The minimum atomic E-state index is -0.287. The third kappa shape index (κ3) is 8.42. The Morgan fingerprint density at radius 3 is 2.20 bits per heavy atom. The number of fused-ring (bicyclic) bond motifs is 1. The lowest BCUT2D eigenvalue weighted by atomic mass is 9.90. The van der Waals surface area contributed by atoms with E-state index in [0.717, 1.165) is 36.6 Å². The molecule has 0 spiro atoms. The lowest BCUT2D eigenvalue weighted by molar-refractivity contribution is -0.133. The summed E-state index contributed by atoms with van der Waals surface area (Å²) in [6.45, 7) is 2.68. The van der Waals surface area contributed by atoms with Crippen LogP contribution in [0.15, 0.2) is 103 Å². The fourth-order valence-corrected chi connectivity index (χ4v) is 7.19. The summed E-state index contributed by atoms with van der Waals surface area (Å²) in [7, 11) is 0. The first-order chi connectivity index (χ1) is 22.6. The summed E-state index contributed by atoms with van der Waals surface area (Å²) < 4.78 is 0. The molecule has 240 valence electrons. The van der Waals surface area contributed by atoms with E-state index in [1.165, 1.54) is 43.2 Å². The van der Waals surface area contributed by atoms with Gasteiger partial charge in [-0.2, -0.15) is 0 Å². The van der Waals surface area contributed by atoms with Crippen molar-refractivity contribution in [3.05, 3.63) is 120 Å². The molecule has 1 aliphatic heterocycles. The van der Waals surface area contributed by atoms with Crippen LogP contribution in [0.1, 0.15) is 78.8 Å². The monoisotopic (exact) mass is 616 g/mol. The summed E-state index contributed by atoms with van der Waals surface area (Å²) in [6.07, 6.45) is 8.96. The molecule has 2 fully saturated rings. The number of benzene rings is 4. The molecule has 46 heavy (non-hydrogen) atoms. The van der Waals surface area contributed by atoms with Crippen molar-refractivity contribution in [3.8, 4) is 0 Å². The van der Waals surface area contributed by atoms with Crippen LogP contribution in [0.5, 0.6) is 0 Å². The summed E-state index contributed by atoms with van der Waals surface area (Å²) in [4.78, 5) is 29.5. The van der Waals surface area contributed by atoms with Crippen molar-refractivity contribution in [1.29, 1.82) is 0 Å². The van der Waals surface area contributed by atoms with Crippen molar-refractivity contribution in [2.45, 2.75) is 75.4 Å². The van der Waals surface area contributed by atoms with Crippen LogP contribution in [0.25, 0.3) is 10.8 Å². The molecule has 6 heteroatoms. The fourth-order valence-electron chi connectivity index (χ4n) is 7.19. The summed E-state index contributed by atoms with van der Waals surface area (Å²) in [5.74, 6) is 0.170. The molecular formula is C40H48N4O2. The highest BCUT2D eigenvalue weighted by atomic mass is 16.2. The number of nitrogens with zero attached hydrogens (tertiary/aromatic N) is 1. The van der Waals surface area contributed by atoms with E-state index < -0.39 is 0 Å². The quantitative estimate of drug-likeness (QED) is 0.156. The van der Waals surface area contributed by atoms with E-state index in [1.807, 2.05) is 48.5 Å². The Balaban J connectivity index is 1.15. The maximum absolute atomic E-state index is 14.2. The number of amides is 2. The van der Waals surface area contributed by atoms with Crippen LogP contribution in [0.4, 0.5) is 0 Å². The third-order valence-electron chi connectivity index (χ3n) is 9.83. The van der Waals surface area contributed by atoms with Gasteiger partial charge in [0, 0.05) is 43.2 Å². The molecule has 1 aliphatic carbocycles. The van der Waals surface area contributed by atoms with Crippen LogP contribution in [-0.4, -0.2) is 61.0 Å². The molecule has 2 aliphatic rings. The minimum absolute atomic E-state index is 0.00145. The third-order valence-corrected chi connectivity index (χ3v) is 9.83. The maximum Gasteiger partial charge on any atom is 0.251 e. The van der Waals surface area contributed by atoms with Gasteiger partial charge in [-0.3, -0.25) is 9.59 Å². The van der Waals surface area contributed by atoms with Crippen molar-refractivity contribution < 1.29 is 9.59 Å². The molecule has 1 saturated carbocycles. The van der Waals surface area contributed by atoms with E-state index in [4.69, 9.17) is 0 Å². The van der Waals surface area contributed by atoms with Gasteiger partial charge < -0.3 is 20.9 Å². The zero-order chi connectivity index (χ0) is 31.6. The van der Waals surface area contributed by atoms with Crippen molar-refractivity contribution in [1.82, 2.24) is 20.9 Å². The van der Waals surface area contributed by atoms with Crippen molar-refractivity contribution in [2.75, 3.05) is 26.2 Å². The molecule has 0 radical (unpaired) electrons. The number of hydrogen-bond donors (Lipinski definition) is 3. The number of rotatable bonds is 12. The van der Waals surface area contributed by atoms with E-state index in [1.54, 1.807) is 0 Å². The molecular weight excluding hydrogens is 568 g/mol. The van der Waals surface area contributed by atoms with Gasteiger partial charge in [-0.1, -0.05) is 110 Å². The lowest BCUT2D eigenvalue weighted by Gasteiger charge is -2.29. The van der Waals surface area contributed by atoms with Gasteiger partial charge in [0.25, 0.3) is 5.91 Å². The van der Waals surface area contributed by atoms with Crippen LogP contribution in [0.2, 0.25) is 0 Å². The van der Waals surface area contributed by atoms with Gasteiger partial charge in [0.2, 0.25) is 5.91 Å². The average Bonchev–Trinajstić information content (AvgIpc) is 3.26. The maximum atomic E-state index is 14.2. The van der Waals surface area contributed by atoms with E-state index in [-0.39, 0.29) is 29.8 Å². The molecule has 2 atom stereocenters. The highest BCUT2D eigenvalue weighted by Gasteiger charge is 2.32. The topological polar surface area (TPSA) is 73.5 Å². The first-order valence-corrected chi connectivity index (χ1v) is 17.3. The molecule has 4 aromatic rings. The Kier molecular flexibility index (Phi) is 11.1. The molecule has 4 aromatic carbocycles. The van der Waals surface area contributed by atoms with Crippen LogP contribution in [0.3, 0.4) is 0 Å². The first-order valence-electron chi connectivity index (χ1n) is 17.3. The van der Waals surface area contributed by atoms with E-state index >= 15 is 0 Å². The van der Waals surface area contributed by atoms with Gasteiger partial charge >= 0.3 is 0 Å². The van der Waals surface area contributed by atoms with Gasteiger partial charge in [0.05, 0.1) is 6.04 Å². The molecule has 3 N–H and O–H groups in total.